The van der Waals surface area contributed by atoms with Gasteiger partial charge >= 0.3 is 0 Å². The minimum absolute atomic E-state index is 0.0815. The van der Waals surface area contributed by atoms with Gasteiger partial charge in [0.2, 0.25) is 0 Å². The Morgan fingerprint density at radius 1 is 1.08 bits per heavy atom. The summed E-state index contributed by atoms with van der Waals surface area (Å²) in [5.41, 5.74) is 8.29. The Bertz CT molecular complexity index is 1160. The Hall–Kier alpha value is -2.57. The Morgan fingerprint density at radius 2 is 1.81 bits per heavy atom. The van der Waals surface area contributed by atoms with Crippen LogP contribution in [0.4, 0.5) is 8.78 Å². The van der Waals surface area contributed by atoms with E-state index in [-0.39, 0.29) is 22.7 Å². The van der Waals surface area contributed by atoms with Gasteiger partial charge in [0.25, 0.3) is 12.0 Å². The molecule has 26 heavy (non-hydrogen) atoms. The Kier molecular flexibility index (Phi) is 4.09. The molecule has 1 atom stereocenters. The predicted molar refractivity (Wildman–Crippen MR) is 103 cm³/mol. The summed E-state index contributed by atoms with van der Waals surface area (Å²) in [6.45, 7) is 1.90. The van der Waals surface area contributed by atoms with Gasteiger partial charge in [0, 0.05) is 22.4 Å². The summed E-state index contributed by atoms with van der Waals surface area (Å²) in [6, 6.07) is 12.5. The van der Waals surface area contributed by atoms with Crippen LogP contribution in [0.3, 0.4) is 0 Å². The molecule has 0 aliphatic heterocycles. The fourth-order valence-corrected chi connectivity index (χ4v) is 4.07. The molecule has 4 rings (SSSR count). The van der Waals surface area contributed by atoms with Crippen molar-refractivity contribution in [3.8, 4) is 11.1 Å². The molecule has 0 bridgehead atoms. The van der Waals surface area contributed by atoms with Crippen molar-refractivity contribution < 1.29 is 8.78 Å². The smallest absolute Gasteiger partial charge is 0.266 e. The quantitative estimate of drug-likeness (QED) is 0.509. The normalized spacial score (nSPS) is 13.0. The van der Waals surface area contributed by atoms with Crippen molar-refractivity contribution in [3.05, 3.63) is 69.3 Å². The molecule has 3 nitrogen and oxygen atoms in total. The van der Waals surface area contributed by atoms with E-state index in [4.69, 9.17) is 5.73 Å². The van der Waals surface area contributed by atoms with E-state index in [2.05, 4.69) is 4.98 Å². The van der Waals surface area contributed by atoms with Crippen molar-refractivity contribution in [1.29, 1.82) is 0 Å². The topological polar surface area (TPSA) is 58.9 Å². The summed E-state index contributed by atoms with van der Waals surface area (Å²) < 4.78 is 27.5. The third-order valence-electron chi connectivity index (χ3n) is 4.60. The van der Waals surface area contributed by atoms with E-state index in [0.29, 0.717) is 15.5 Å². The van der Waals surface area contributed by atoms with Gasteiger partial charge in [-0.2, -0.15) is 0 Å². The summed E-state index contributed by atoms with van der Waals surface area (Å²) in [5, 5.41) is 3.15. The largest absolute Gasteiger partial charge is 0.324 e. The van der Waals surface area contributed by atoms with E-state index in [1.54, 1.807) is 11.4 Å². The maximum atomic E-state index is 13.5. The Labute approximate surface area is 152 Å². The first-order chi connectivity index (χ1) is 12.5. The molecule has 0 aliphatic carbocycles. The van der Waals surface area contributed by atoms with Crippen LogP contribution < -0.4 is 11.3 Å². The molecule has 2 heterocycles. The van der Waals surface area contributed by atoms with Crippen molar-refractivity contribution in [1.82, 2.24) is 4.98 Å². The molecule has 1 unspecified atom stereocenters. The molecule has 0 radical (unpaired) electrons. The zero-order chi connectivity index (χ0) is 18.4. The number of H-pyrrole nitrogens is 1. The number of aromatic nitrogens is 1. The van der Waals surface area contributed by atoms with E-state index in [9.17, 15) is 13.6 Å². The number of nitrogens with two attached hydrogens (primary N) is 1. The molecule has 0 amide bonds. The van der Waals surface area contributed by atoms with Gasteiger partial charge in [-0.05, 0) is 35.1 Å². The molecule has 3 N–H and O–H groups in total. The number of thiophene rings is 1. The molecular formula is C20H16F2N2OS. The van der Waals surface area contributed by atoms with Crippen LogP contribution in [0.5, 0.6) is 0 Å². The number of alkyl halides is 2. The van der Waals surface area contributed by atoms with Gasteiger partial charge < -0.3 is 10.7 Å². The second-order valence-corrected chi connectivity index (χ2v) is 7.20. The van der Waals surface area contributed by atoms with Crippen LogP contribution in [0.2, 0.25) is 0 Å². The third kappa shape index (κ3) is 2.62. The minimum Gasteiger partial charge on any atom is -0.324 e. The maximum absolute atomic E-state index is 13.5. The Balaban J connectivity index is 2.08. The first kappa shape index (κ1) is 16.9. The van der Waals surface area contributed by atoms with Crippen LogP contribution in [0.1, 0.15) is 30.5 Å². The molecular weight excluding hydrogens is 354 g/mol. The fourth-order valence-electron chi connectivity index (χ4n) is 3.27. The van der Waals surface area contributed by atoms with Gasteiger partial charge in [-0.15, -0.1) is 11.3 Å². The van der Waals surface area contributed by atoms with Crippen molar-refractivity contribution in [2.75, 3.05) is 0 Å². The van der Waals surface area contributed by atoms with Gasteiger partial charge in [0.05, 0.1) is 5.52 Å². The van der Waals surface area contributed by atoms with Crippen LogP contribution in [0, 0.1) is 0 Å². The van der Waals surface area contributed by atoms with E-state index < -0.39 is 6.43 Å². The van der Waals surface area contributed by atoms with Crippen LogP contribution in [0.15, 0.2) is 52.6 Å². The molecule has 0 aliphatic rings. The lowest BCUT2D eigenvalue weighted by molar-refractivity contribution is 0.153. The lowest BCUT2D eigenvalue weighted by Gasteiger charge is -2.13. The number of rotatable bonds is 3. The molecule has 6 heteroatoms. The number of hydrogen-bond donors (Lipinski definition) is 2. The summed E-state index contributed by atoms with van der Waals surface area (Å²) in [6.07, 6.45) is -2.67. The van der Waals surface area contributed by atoms with Crippen molar-refractivity contribution in [2.45, 2.75) is 19.4 Å². The van der Waals surface area contributed by atoms with Crippen molar-refractivity contribution >= 4 is 32.3 Å². The molecule has 0 spiro atoms. The Morgan fingerprint density at radius 3 is 2.46 bits per heavy atom. The summed E-state index contributed by atoms with van der Waals surface area (Å²) in [4.78, 5) is 15.0. The molecule has 2 aromatic carbocycles. The van der Waals surface area contributed by atoms with Crippen LogP contribution >= 0.6 is 11.3 Å². The number of fused-ring (bicyclic) bond motifs is 3. The predicted octanol–water partition coefficient (Wildman–Crippen LogP) is 5.37. The monoisotopic (exact) mass is 370 g/mol. The first-order valence-electron chi connectivity index (χ1n) is 8.17. The van der Waals surface area contributed by atoms with Gasteiger partial charge in [-0.25, -0.2) is 8.78 Å². The number of aromatic amines is 1. The van der Waals surface area contributed by atoms with E-state index in [0.717, 1.165) is 16.7 Å². The van der Waals surface area contributed by atoms with Crippen molar-refractivity contribution in [2.24, 2.45) is 5.73 Å². The van der Waals surface area contributed by atoms with Crippen LogP contribution in [0.25, 0.3) is 32.1 Å². The average molecular weight is 370 g/mol. The van der Waals surface area contributed by atoms with E-state index in [1.807, 2.05) is 37.3 Å². The number of nitrogens with one attached hydrogen (secondary N) is 1. The summed E-state index contributed by atoms with van der Waals surface area (Å²) in [5.74, 6) is 0. The molecule has 4 aromatic rings. The van der Waals surface area contributed by atoms with Gasteiger partial charge in [-0.1, -0.05) is 36.4 Å². The molecule has 2 aromatic heterocycles. The molecule has 132 valence electrons. The number of pyridine rings is 1. The number of benzene rings is 2. The van der Waals surface area contributed by atoms with Gasteiger partial charge in [-0.3, -0.25) is 4.79 Å². The highest BCUT2D eigenvalue weighted by Crippen LogP contribution is 2.38. The lowest BCUT2D eigenvalue weighted by atomic mass is 9.95. The zero-order valence-electron chi connectivity index (χ0n) is 13.9. The fraction of sp³-hybridized carbons (Fsp3) is 0.150. The number of halogens is 2. The zero-order valence-corrected chi connectivity index (χ0v) is 14.7. The maximum Gasteiger partial charge on any atom is 0.266 e. The highest BCUT2D eigenvalue weighted by molar-refractivity contribution is 7.17. The van der Waals surface area contributed by atoms with Crippen LogP contribution in [-0.4, -0.2) is 4.98 Å². The molecule has 0 saturated heterocycles. The van der Waals surface area contributed by atoms with E-state index >= 15 is 0 Å². The first-order valence-corrected chi connectivity index (χ1v) is 9.05. The van der Waals surface area contributed by atoms with Crippen LogP contribution in [-0.2, 0) is 0 Å². The average Bonchev–Trinajstić information content (AvgIpc) is 3.11. The highest BCUT2D eigenvalue weighted by Gasteiger charge is 2.19. The number of hydrogen-bond acceptors (Lipinski definition) is 3. The third-order valence-corrected chi connectivity index (χ3v) is 5.51. The second-order valence-electron chi connectivity index (χ2n) is 6.28. The SMILES string of the molecule is CC(N)c1ccc(-c2ccc(C(F)F)c3[nH]c(=O)c4sccc4c23)cc1. The van der Waals surface area contributed by atoms with Gasteiger partial charge in [0.15, 0.2) is 0 Å². The minimum atomic E-state index is -2.67. The molecule has 0 saturated carbocycles. The lowest BCUT2D eigenvalue weighted by Crippen LogP contribution is -2.07. The van der Waals surface area contributed by atoms with E-state index in [1.165, 1.54) is 17.4 Å². The van der Waals surface area contributed by atoms with Gasteiger partial charge in [0.1, 0.15) is 4.70 Å². The standard InChI is InChI=1S/C20H16F2N2OS/c1-10(23)11-2-4-12(5-3-11)13-6-7-15(19(21)22)17-16(13)14-8-9-26-18(14)20(25)24-17/h2-10,19H,23H2,1H3,(H,24,25). The summed E-state index contributed by atoms with van der Waals surface area (Å²) >= 11 is 1.31. The second kappa shape index (κ2) is 6.30. The summed E-state index contributed by atoms with van der Waals surface area (Å²) in [7, 11) is 0. The van der Waals surface area contributed by atoms with Crippen molar-refractivity contribution in [3.63, 3.8) is 0 Å². The molecule has 0 fully saturated rings. The highest BCUT2D eigenvalue weighted by atomic mass is 32.1.